The van der Waals surface area contributed by atoms with Gasteiger partial charge in [0.15, 0.2) is 0 Å². The number of carbonyl (C=O) groups excluding carboxylic acids is 3. The van der Waals surface area contributed by atoms with E-state index in [0.29, 0.717) is 23.7 Å². The van der Waals surface area contributed by atoms with Gasteiger partial charge >= 0.3 is 0 Å². The van der Waals surface area contributed by atoms with E-state index in [0.717, 1.165) is 11.3 Å². The Hall–Kier alpha value is -2.86. The van der Waals surface area contributed by atoms with E-state index in [9.17, 15) is 14.4 Å². The average Bonchev–Trinajstić information content (AvgIpc) is 3.05. The van der Waals surface area contributed by atoms with Crippen molar-refractivity contribution in [3.05, 3.63) is 59.1 Å². The zero-order valence-electron chi connectivity index (χ0n) is 15.8. The lowest BCUT2D eigenvalue weighted by Gasteiger charge is -2.17. The SMILES string of the molecule is CN(C)C(=O)Cc1ccc(NC(=O)C2CC(=O)N(c3ccc(Cl)cc3)C2)cc1. The van der Waals surface area contributed by atoms with Crippen molar-refractivity contribution in [3.63, 3.8) is 0 Å². The number of halogens is 1. The van der Waals surface area contributed by atoms with Crippen molar-refractivity contribution >= 4 is 40.7 Å². The van der Waals surface area contributed by atoms with Gasteiger partial charge in [0.1, 0.15) is 0 Å². The lowest BCUT2D eigenvalue weighted by atomic mass is 10.1. The van der Waals surface area contributed by atoms with Crippen LogP contribution in [0.25, 0.3) is 0 Å². The van der Waals surface area contributed by atoms with E-state index >= 15 is 0 Å². The number of amides is 3. The lowest BCUT2D eigenvalue weighted by molar-refractivity contribution is -0.128. The molecule has 0 spiro atoms. The Labute approximate surface area is 169 Å². The maximum absolute atomic E-state index is 12.6. The topological polar surface area (TPSA) is 69.7 Å². The summed E-state index contributed by atoms with van der Waals surface area (Å²) in [5.74, 6) is -0.677. The number of nitrogens with one attached hydrogen (secondary N) is 1. The first-order chi connectivity index (χ1) is 13.3. The number of nitrogens with zero attached hydrogens (tertiary/aromatic N) is 2. The summed E-state index contributed by atoms with van der Waals surface area (Å²) in [4.78, 5) is 39.8. The Morgan fingerprint density at radius 3 is 2.36 bits per heavy atom. The molecular weight excluding hydrogens is 378 g/mol. The van der Waals surface area contributed by atoms with Crippen LogP contribution in [-0.4, -0.2) is 43.3 Å². The zero-order valence-corrected chi connectivity index (χ0v) is 16.6. The molecule has 1 N–H and O–H groups in total. The van der Waals surface area contributed by atoms with Gasteiger partial charge in [-0.05, 0) is 42.0 Å². The molecule has 146 valence electrons. The molecule has 7 heteroatoms. The van der Waals surface area contributed by atoms with Gasteiger partial charge in [-0.25, -0.2) is 0 Å². The standard InChI is InChI=1S/C21H22ClN3O3/c1-24(2)19(26)11-14-3-7-17(8-4-14)23-21(28)15-12-20(27)25(13-15)18-9-5-16(22)6-10-18/h3-10,15H,11-13H2,1-2H3,(H,23,28). The molecule has 28 heavy (non-hydrogen) atoms. The molecule has 0 bridgehead atoms. The van der Waals surface area contributed by atoms with E-state index < -0.39 is 5.92 Å². The Morgan fingerprint density at radius 2 is 1.75 bits per heavy atom. The number of hydrogen-bond donors (Lipinski definition) is 1. The lowest BCUT2D eigenvalue weighted by Crippen LogP contribution is -2.28. The predicted octanol–water partition coefficient (Wildman–Crippen LogP) is 2.96. The quantitative estimate of drug-likeness (QED) is 0.840. The Morgan fingerprint density at radius 1 is 1.11 bits per heavy atom. The largest absolute Gasteiger partial charge is 0.349 e. The van der Waals surface area contributed by atoms with Crippen LogP contribution in [-0.2, 0) is 20.8 Å². The van der Waals surface area contributed by atoms with Gasteiger partial charge < -0.3 is 15.1 Å². The number of likely N-dealkylation sites (N-methyl/N-ethyl adjacent to an activating group) is 1. The molecule has 2 aromatic carbocycles. The van der Waals surface area contributed by atoms with Crippen molar-refractivity contribution in [3.8, 4) is 0 Å². The van der Waals surface area contributed by atoms with Gasteiger partial charge in [0.2, 0.25) is 17.7 Å². The summed E-state index contributed by atoms with van der Waals surface area (Å²) in [6.07, 6.45) is 0.484. The molecule has 0 aliphatic carbocycles. The summed E-state index contributed by atoms with van der Waals surface area (Å²) in [6.45, 7) is 0.335. The van der Waals surface area contributed by atoms with Crippen LogP contribution >= 0.6 is 11.6 Å². The third-order valence-electron chi connectivity index (χ3n) is 4.71. The number of benzene rings is 2. The fourth-order valence-corrected chi connectivity index (χ4v) is 3.16. The van der Waals surface area contributed by atoms with E-state index in [1.54, 1.807) is 60.3 Å². The molecule has 3 rings (SSSR count). The first-order valence-corrected chi connectivity index (χ1v) is 9.37. The molecule has 6 nitrogen and oxygen atoms in total. The van der Waals surface area contributed by atoms with Crippen LogP contribution in [0.4, 0.5) is 11.4 Å². The molecule has 0 saturated carbocycles. The highest BCUT2D eigenvalue weighted by Gasteiger charge is 2.35. The number of rotatable bonds is 5. The van der Waals surface area contributed by atoms with Gasteiger partial charge in [0.05, 0.1) is 12.3 Å². The summed E-state index contributed by atoms with van der Waals surface area (Å²) >= 11 is 5.89. The first kappa shape index (κ1) is 19.9. The second kappa shape index (κ2) is 8.44. The Balaban J connectivity index is 1.60. The predicted molar refractivity (Wildman–Crippen MR) is 109 cm³/mol. The summed E-state index contributed by atoms with van der Waals surface area (Å²) in [7, 11) is 3.43. The molecule has 1 saturated heterocycles. The average molecular weight is 400 g/mol. The summed E-state index contributed by atoms with van der Waals surface area (Å²) in [5, 5.41) is 3.45. The minimum absolute atomic E-state index is 0.0172. The van der Waals surface area contributed by atoms with E-state index in [1.165, 1.54) is 0 Å². The molecule has 3 amide bonds. The third-order valence-corrected chi connectivity index (χ3v) is 4.96. The molecular formula is C21H22ClN3O3. The Bertz CT molecular complexity index is 879. The molecule has 1 atom stereocenters. The van der Waals surface area contributed by atoms with Gasteiger partial charge in [-0.3, -0.25) is 14.4 Å². The number of hydrogen-bond acceptors (Lipinski definition) is 3. The Kier molecular flexibility index (Phi) is 5.99. The van der Waals surface area contributed by atoms with Gasteiger partial charge in [0, 0.05) is 43.5 Å². The molecule has 1 fully saturated rings. The fraction of sp³-hybridized carbons (Fsp3) is 0.286. The minimum atomic E-state index is -0.418. The van der Waals surface area contributed by atoms with Gasteiger partial charge in [-0.2, -0.15) is 0 Å². The van der Waals surface area contributed by atoms with Crippen molar-refractivity contribution in [2.75, 3.05) is 30.9 Å². The highest BCUT2D eigenvalue weighted by Crippen LogP contribution is 2.27. The highest BCUT2D eigenvalue weighted by atomic mass is 35.5. The van der Waals surface area contributed by atoms with Crippen molar-refractivity contribution in [1.82, 2.24) is 4.90 Å². The second-order valence-electron chi connectivity index (χ2n) is 7.03. The summed E-state index contributed by atoms with van der Waals surface area (Å²) in [5.41, 5.74) is 2.25. The summed E-state index contributed by atoms with van der Waals surface area (Å²) in [6, 6.07) is 14.2. The molecule has 2 aromatic rings. The summed E-state index contributed by atoms with van der Waals surface area (Å²) < 4.78 is 0. The molecule has 0 aromatic heterocycles. The molecule has 0 radical (unpaired) electrons. The maximum Gasteiger partial charge on any atom is 0.229 e. The molecule has 1 aliphatic rings. The van der Waals surface area contributed by atoms with Gasteiger partial charge in [0.25, 0.3) is 0 Å². The number of carbonyl (C=O) groups is 3. The normalized spacial score (nSPS) is 16.2. The zero-order chi connectivity index (χ0) is 20.3. The van der Waals surface area contributed by atoms with Crippen LogP contribution < -0.4 is 10.2 Å². The van der Waals surface area contributed by atoms with E-state index in [1.807, 2.05) is 12.1 Å². The van der Waals surface area contributed by atoms with Gasteiger partial charge in [-0.15, -0.1) is 0 Å². The van der Waals surface area contributed by atoms with E-state index in [-0.39, 0.29) is 24.1 Å². The van der Waals surface area contributed by atoms with Crippen LogP contribution in [0.1, 0.15) is 12.0 Å². The molecule has 1 heterocycles. The maximum atomic E-state index is 12.6. The van der Waals surface area contributed by atoms with Crippen LogP contribution in [0.2, 0.25) is 5.02 Å². The van der Waals surface area contributed by atoms with Crippen LogP contribution in [0.5, 0.6) is 0 Å². The third kappa shape index (κ3) is 4.70. The fourth-order valence-electron chi connectivity index (χ4n) is 3.04. The first-order valence-electron chi connectivity index (χ1n) is 8.99. The van der Waals surface area contributed by atoms with Crippen molar-refractivity contribution in [2.24, 2.45) is 5.92 Å². The molecule has 1 unspecified atom stereocenters. The monoisotopic (exact) mass is 399 g/mol. The minimum Gasteiger partial charge on any atom is -0.349 e. The second-order valence-corrected chi connectivity index (χ2v) is 7.47. The van der Waals surface area contributed by atoms with Crippen LogP contribution in [0.3, 0.4) is 0 Å². The van der Waals surface area contributed by atoms with Gasteiger partial charge in [-0.1, -0.05) is 23.7 Å². The van der Waals surface area contributed by atoms with Crippen molar-refractivity contribution in [2.45, 2.75) is 12.8 Å². The number of anilines is 2. The molecule has 1 aliphatic heterocycles. The van der Waals surface area contributed by atoms with Crippen LogP contribution in [0, 0.1) is 5.92 Å². The van der Waals surface area contributed by atoms with Crippen molar-refractivity contribution < 1.29 is 14.4 Å². The smallest absolute Gasteiger partial charge is 0.229 e. The van der Waals surface area contributed by atoms with E-state index in [4.69, 9.17) is 11.6 Å². The van der Waals surface area contributed by atoms with E-state index in [2.05, 4.69) is 5.32 Å². The van der Waals surface area contributed by atoms with Crippen LogP contribution in [0.15, 0.2) is 48.5 Å². The van der Waals surface area contributed by atoms with Crippen molar-refractivity contribution in [1.29, 1.82) is 0 Å². The highest BCUT2D eigenvalue weighted by molar-refractivity contribution is 6.30.